The molecule has 0 fully saturated rings. The van der Waals surface area contributed by atoms with E-state index in [9.17, 15) is 4.79 Å². The lowest BCUT2D eigenvalue weighted by Gasteiger charge is -2.40. The van der Waals surface area contributed by atoms with Crippen LogP contribution in [0.2, 0.25) is 18.1 Å². The fourth-order valence-corrected chi connectivity index (χ4v) is 7.48. The van der Waals surface area contributed by atoms with E-state index in [0.29, 0.717) is 6.42 Å². The van der Waals surface area contributed by atoms with E-state index in [4.69, 9.17) is 9.16 Å². The maximum Gasteiger partial charge on any atom is 0.306 e. The summed E-state index contributed by atoms with van der Waals surface area (Å²) < 4.78 is 14.7. The third kappa shape index (κ3) is 7.65. The lowest BCUT2D eigenvalue weighted by Crippen LogP contribution is -2.45. The summed E-state index contributed by atoms with van der Waals surface area (Å²) in [5, 5.41) is 0. The molecule has 1 aliphatic rings. The largest absolute Gasteiger partial charge is 0.457 e. The van der Waals surface area contributed by atoms with Gasteiger partial charge in [-0.15, -0.1) is 0 Å². The van der Waals surface area contributed by atoms with Crippen LogP contribution >= 0.6 is 22.6 Å². The average molecular weight is 507 g/mol. The topological polar surface area (TPSA) is 35.5 Å². The first-order valence-electron chi connectivity index (χ1n) is 10.6. The third-order valence-corrected chi connectivity index (χ3v) is 11.9. The number of halogens is 1. The Kier molecular flexibility index (Phi) is 10.8. The van der Waals surface area contributed by atoms with Gasteiger partial charge in [0.15, 0.2) is 8.32 Å². The monoisotopic (exact) mass is 506 g/mol. The van der Waals surface area contributed by atoms with Gasteiger partial charge in [0.2, 0.25) is 0 Å². The molecule has 0 radical (unpaired) electrons. The molecule has 1 aliphatic heterocycles. The molecule has 5 heteroatoms. The fraction of sp³-hybridized carbons (Fsp3) is 0.773. The number of rotatable bonds is 6. The summed E-state index contributed by atoms with van der Waals surface area (Å²) in [7, 11) is -1.67. The first-order valence-corrected chi connectivity index (χ1v) is 14.4. The van der Waals surface area contributed by atoms with Crippen LogP contribution in [0.1, 0.15) is 73.6 Å². The molecular formula is C22H39IO3Si. The first kappa shape index (κ1) is 24.9. The van der Waals surface area contributed by atoms with Crippen LogP contribution in [0.4, 0.5) is 0 Å². The van der Waals surface area contributed by atoms with Gasteiger partial charge in [-0.3, -0.25) is 4.79 Å². The Hall–Kier alpha value is -0.143. The summed E-state index contributed by atoms with van der Waals surface area (Å²) in [5.41, 5.74) is 0.976. The molecule has 0 spiro atoms. The molecule has 0 aromatic rings. The molecule has 0 bridgehead atoms. The number of hydrogen-bond acceptors (Lipinski definition) is 3. The van der Waals surface area contributed by atoms with Crippen molar-refractivity contribution in [1.82, 2.24) is 0 Å². The summed E-state index contributed by atoms with van der Waals surface area (Å²) in [4.78, 5) is 12.3. The minimum absolute atomic E-state index is 0.0829. The van der Waals surface area contributed by atoms with Crippen LogP contribution in [0.3, 0.4) is 0 Å². The second kappa shape index (κ2) is 11.8. The Morgan fingerprint density at radius 3 is 2.52 bits per heavy atom. The van der Waals surface area contributed by atoms with Gasteiger partial charge in [-0.1, -0.05) is 68.9 Å². The Balaban J connectivity index is 3.06. The van der Waals surface area contributed by atoms with E-state index in [-0.39, 0.29) is 23.6 Å². The van der Waals surface area contributed by atoms with Crippen LogP contribution in [-0.2, 0) is 14.0 Å². The van der Waals surface area contributed by atoms with E-state index >= 15 is 0 Å². The molecule has 0 aliphatic carbocycles. The molecule has 27 heavy (non-hydrogen) atoms. The van der Waals surface area contributed by atoms with Crippen molar-refractivity contribution in [1.29, 1.82) is 0 Å². The quantitative estimate of drug-likeness (QED) is 0.166. The molecule has 0 N–H and O–H groups in total. The van der Waals surface area contributed by atoms with Gasteiger partial charge in [0.1, 0.15) is 6.10 Å². The highest BCUT2D eigenvalue weighted by Crippen LogP contribution is 2.34. The molecule has 0 saturated carbocycles. The molecule has 1 rings (SSSR count). The van der Waals surface area contributed by atoms with Crippen molar-refractivity contribution >= 4 is 36.9 Å². The van der Waals surface area contributed by atoms with Gasteiger partial charge in [0.25, 0.3) is 0 Å². The second-order valence-corrected chi connectivity index (χ2v) is 13.6. The van der Waals surface area contributed by atoms with Crippen LogP contribution in [0.5, 0.6) is 0 Å². The molecule has 156 valence electrons. The molecule has 0 aromatic heterocycles. The van der Waals surface area contributed by atoms with Crippen LogP contribution in [0, 0.1) is 5.92 Å². The highest BCUT2D eigenvalue weighted by atomic mass is 127. The fourth-order valence-electron chi connectivity index (χ4n) is 3.96. The van der Waals surface area contributed by atoms with Crippen molar-refractivity contribution < 1.29 is 14.0 Å². The van der Waals surface area contributed by atoms with Crippen LogP contribution in [0.25, 0.3) is 0 Å². The third-order valence-electron chi connectivity index (χ3n) is 6.08. The van der Waals surface area contributed by atoms with Crippen LogP contribution < -0.4 is 0 Å². The maximum absolute atomic E-state index is 12.3. The predicted molar refractivity (Wildman–Crippen MR) is 126 cm³/mol. The molecule has 0 unspecified atom stereocenters. The Bertz CT molecular complexity index is 519. The van der Waals surface area contributed by atoms with Gasteiger partial charge in [-0.05, 0) is 60.9 Å². The lowest BCUT2D eigenvalue weighted by molar-refractivity contribution is -0.149. The molecule has 0 aromatic carbocycles. The molecular weight excluding hydrogens is 467 g/mol. The summed E-state index contributed by atoms with van der Waals surface area (Å²) in [6.45, 7) is 13.3. The van der Waals surface area contributed by atoms with Gasteiger partial charge in [0.05, 0.1) is 5.60 Å². The van der Waals surface area contributed by atoms with Gasteiger partial charge < -0.3 is 9.16 Å². The molecule has 3 atom stereocenters. The lowest BCUT2D eigenvalue weighted by atomic mass is 9.92. The molecule has 0 amide bonds. The zero-order valence-corrected chi connectivity index (χ0v) is 21.3. The maximum atomic E-state index is 12.3. The highest BCUT2D eigenvalue weighted by molar-refractivity contribution is 14.1. The SMILES string of the molecule is CC[Si](CC)(CC)O[C@@]1(C)C/C=C/[C@H](C)[C@@H](/C(C)=C/I)OC(=O)CCCC1. The van der Waals surface area contributed by atoms with E-state index < -0.39 is 8.32 Å². The Labute approximate surface area is 181 Å². The van der Waals surface area contributed by atoms with Crippen molar-refractivity contribution in [2.45, 2.75) is 103 Å². The molecule has 3 nitrogen and oxygen atoms in total. The van der Waals surface area contributed by atoms with Crippen molar-refractivity contribution in [3.8, 4) is 0 Å². The van der Waals surface area contributed by atoms with Crippen molar-refractivity contribution in [2.75, 3.05) is 0 Å². The van der Waals surface area contributed by atoms with Gasteiger partial charge in [0, 0.05) is 12.3 Å². The van der Waals surface area contributed by atoms with Crippen molar-refractivity contribution in [3.05, 3.63) is 21.8 Å². The molecule has 1 heterocycles. The van der Waals surface area contributed by atoms with Gasteiger partial charge in [-0.25, -0.2) is 0 Å². The number of carbonyl (C=O) groups excluding carboxylic acids is 1. The average Bonchev–Trinajstić information content (AvgIpc) is 2.66. The van der Waals surface area contributed by atoms with E-state index in [1.165, 1.54) is 18.1 Å². The minimum atomic E-state index is -1.67. The second-order valence-electron chi connectivity index (χ2n) is 8.26. The van der Waals surface area contributed by atoms with E-state index in [1.54, 1.807) is 0 Å². The predicted octanol–water partition coefficient (Wildman–Crippen LogP) is 7.17. The first-order chi connectivity index (χ1) is 12.7. The van der Waals surface area contributed by atoms with Crippen LogP contribution in [0.15, 0.2) is 21.8 Å². The Morgan fingerprint density at radius 1 is 1.33 bits per heavy atom. The van der Waals surface area contributed by atoms with Crippen LogP contribution in [-0.4, -0.2) is 26.0 Å². The number of cyclic esters (lactones) is 1. The zero-order chi connectivity index (χ0) is 20.5. The van der Waals surface area contributed by atoms with E-state index in [0.717, 1.165) is 31.3 Å². The smallest absolute Gasteiger partial charge is 0.306 e. The van der Waals surface area contributed by atoms with Gasteiger partial charge >= 0.3 is 5.97 Å². The number of hydrogen-bond donors (Lipinski definition) is 0. The summed E-state index contributed by atoms with van der Waals surface area (Å²) in [6.07, 6.45) is 8.59. The highest BCUT2D eigenvalue weighted by Gasteiger charge is 2.37. The van der Waals surface area contributed by atoms with Gasteiger partial charge in [-0.2, -0.15) is 0 Å². The van der Waals surface area contributed by atoms with E-state index in [1.807, 2.05) is 11.0 Å². The van der Waals surface area contributed by atoms with E-state index in [2.05, 4.69) is 69.4 Å². The summed E-state index contributed by atoms with van der Waals surface area (Å²) in [6, 6.07) is 3.51. The zero-order valence-electron chi connectivity index (χ0n) is 18.1. The number of ether oxygens (including phenoxy) is 1. The number of esters is 1. The van der Waals surface area contributed by atoms with Crippen molar-refractivity contribution in [3.63, 3.8) is 0 Å². The summed E-state index contributed by atoms with van der Waals surface area (Å²) >= 11 is 2.23. The standard InChI is InChI=1S/C22H39IO3Si/c1-7-27(8-2,9-3)26-22(6)15-11-10-14-20(24)25-21(19(5)17-23)18(4)13-12-16-22/h12-13,17-18,21H,7-11,14-16H2,1-6H3/b13-12+,19-17+/t18-,21-,22+/m0/s1. The summed E-state index contributed by atoms with van der Waals surface area (Å²) in [5.74, 6) is 0.0783. The Morgan fingerprint density at radius 2 is 1.96 bits per heavy atom. The minimum Gasteiger partial charge on any atom is -0.457 e. The normalized spacial score (nSPS) is 30.2. The van der Waals surface area contributed by atoms with Crippen molar-refractivity contribution in [2.24, 2.45) is 5.92 Å². The number of carbonyl (C=O) groups is 1. The molecule has 0 saturated heterocycles.